The van der Waals surface area contributed by atoms with Crippen LogP contribution in [0.25, 0.3) is 0 Å². The monoisotopic (exact) mass is 359 g/mol. The van der Waals surface area contributed by atoms with Crippen LogP contribution in [-0.4, -0.2) is 0 Å². The molecule has 2 aromatic carbocycles. The second-order valence-electron chi connectivity index (χ2n) is 4.60. The maximum atomic E-state index is 2.42. The fourth-order valence-electron chi connectivity index (χ4n) is 2.42. The van der Waals surface area contributed by atoms with Gasteiger partial charge >= 0.3 is 0 Å². The molecule has 2 heteroatoms. The van der Waals surface area contributed by atoms with Crippen LogP contribution in [0.1, 0.15) is 26.7 Å². The minimum Gasteiger partial charge on any atom is -0.0620 e. The summed E-state index contributed by atoms with van der Waals surface area (Å²) in [5.41, 5.74) is 0. The SMILES string of the molecule is CCC=C(CC)[PH+](c1ccccc1)c1ccccc1.[Zr]. The summed E-state index contributed by atoms with van der Waals surface area (Å²) in [6.45, 7) is 4.50. The Morgan fingerprint density at radius 1 is 0.850 bits per heavy atom. The molecule has 0 saturated heterocycles. The molecule has 0 bridgehead atoms. The van der Waals surface area contributed by atoms with E-state index in [2.05, 4.69) is 80.6 Å². The van der Waals surface area contributed by atoms with Crippen molar-refractivity contribution in [3.63, 3.8) is 0 Å². The minimum absolute atomic E-state index is 0. The summed E-state index contributed by atoms with van der Waals surface area (Å²) in [5, 5.41) is 4.59. The van der Waals surface area contributed by atoms with Gasteiger partial charge in [0.25, 0.3) is 0 Å². The Kier molecular flexibility index (Phi) is 8.27. The molecule has 0 nitrogen and oxygen atoms in total. The average Bonchev–Trinajstić information content (AvgIpc) is 2.49. The van der Waals surface area contributed by atoms with Crippen LogP contribution in [0.15, 0.2) is 72.1 Å². The number of hydrogen-bond acceptors (Lipinski definition) is 0. The summed E-state index contributed by atoms with van der Waals surface area (Å²) in [7, 11) is -0.791. The molecule has 0 saturated carbocycles. The predicted molar refractivity (Wildman–Crippen MR) is 89.1 cm³/mol. The quantitative estimate of drug-likeness (QED) is 0.686. The molecule has 0 N–H and O–H groups in total. The van der Waals surface area contributed by atoms with Crippen LogP contribution >= 0.6 is 7.92 Å². The molecule has 0 atom stereocenters. The maximum Gasteiger partial charge on any atom is 0.102 e. The Morgan fingerprint density at radius 2 is 1.30 bits per heavy atom. The van der Waals surface area contributed by atoms with Crippen molar-refractivity contribution < 1.29 is 26.2 Å². The second kappa shape index (κ2) is 9.43. The van der Waals surface area contributed by atoms with E-state index in [-0.39, 0.29) is 26.2 Å². The fraction of sp³-hybridized carbons (Fsp3) is 0.222. The van der Waals surface area contributed by atoms with Gasteiger partial charge in [-0.3, -0.25) is 0 Å². The summed E-state index contributed by atoms with van der Waals surface area (Å²) in [5.74, 6) is 0. The molecule has 102 valence electrons. The summed E-state index contributed by atoms with van der Waals surface area (Å²) >= 11 is 0. The van der Waals surface area contributed by atoms with Gasteiger partial charge in [0.05, 0.1) is 13.2 Å². The molecule has 0 amide bonds. The van der Waals surface area contributed by atoms with Crippen LogP contribution in [-0.2, 0) is 26.2 Å². The summed E-state index contributed by atoms with van der Waals surface area (Å²) in [4.78, 5) is 0. The second-order valence-corrected chi connectivity index (χ2v) is 7.15. The van der Waals surface area contributed by atoms with Crippen molar-refractivity contribution in [2.45, 2.75) is 26.7 Å². The molecule has 2 rings (SSSR count). The zero-order chi connectivity index (χ0) is 13.5. The van der Waals surface area contributed by atoms with E-state index in [1.807, 2.05) is 0 Å². The van der Waals surface area contributed by atoms with E-state index in [1.165, 1.54) is 10.6 Å². The van der Waals surface area contributed by atoms with Crippen molar-refractivity contribution in [1.82, 2.24) is 0 Å². The van der Waals surface area contributed by atoms with Gasteiger partial charge in [0.15, 0.2) is 0 Å². The van der Waals surface area contributed by atoms with Crippen LogP contribution in [0, 0.1) is 0 Å². The molecule has 0 aliphatic heterocycles. The Morgan fingerprint density at radius 3 is 1.65 bits per heavy atom. The molecule has 0 unspecified atom stereocenters. The Balaban J connectivity index is 0.00000200. The van der Waals surface area contributed by atoms with Crippen molar-refractivity contribution in [2.24, 2.45) is 0 Å². The first-order chi connectivity index (χ1) is 9.36. The molecule has 0 fully saturated rings. The minimum atomic E-state index is -0.791. The van der Waals surface area contributed by atoms with E-state index in [0.29, 0.717) is 0 Å². The first kappa shape index (κ1) is 17.5. The van der Waals surface area contributed by atoms with Crippen molar-refractivity contribution in [3.05, 3.63) is 72.1 Å². The molecule has 0 aliphatic rings. The molecule has 20 heavy (non-hydrogen) atoms. The molecule has 0 radical (unpaired) electrons. The number of rotatable bonds is 5. The van der Waals surface area contributed by atoms with Crippen LogP contribution < -0.4 is 10.6 Å². The van der Waals surface area contributed by atoms with E-state index in [9.17, 15) is 0 Å². The number of benzene rings is 2. The van der Waals surface area contributed by atoms with Crippen molar-refractivity contribution in [1.29, 1.82) is 0 Å². The fourth-order valence-corrected chi connectivity index (χ4v) is 5.30. The number of allylic oxidation sites excluding steroid dienone is 2. The third-order valence-corrected chi connectivity index (χ3v) is 6.30. The van der Waals surface area contributed by atoms with Gasteiger partial charge in [0.2, 0.25) is 0 Å². The summed E-state index contributed by atoms with van der Waals surface area (Å²) < 4.78 is 0. The van der Waals surface area contributed by atoms with Crippen LogP contribution in [0.4, 0.5) is 0 Å². The summed E-state index contributed by atoms with van der Waals surface area (Å²) in [6, 6.07) is 21.9. The Labute approximate surface area is 143 Å². The van der Waals surface area contributed by atoms with Crippen LogP contribution in [0.3, 0.4) is 0 Å². The van der Waals surface area contributed by atoms with Gasteiger partial charge in [0.1, 0.15) is 10.6 Å². The van der Waals surface area contributed by atoms with Crippen molar-refractivity contribution in [3.8, 4) is 0 Å². The van der Waals surface area contributed by atoms with Gasteiger partial charge in [-0.2, -0.15) is 0 Å². The van der Waals surface area contributed by atoms with E-state index in [0.717, 1.165) is 12.8 Å². The van der Waals surface area contributed by atoms with Gasteiger partial charge in [-0.05, 0) is 36.8 Å². The van der Waals surface area contributed by atoms with Crippen molar-refractivity contribution in [2.75, 3.05) is 0 Å². The Bertz CT molecular complexity index is 480. The maximum absolute atomic E-state index is 2.42. The molecular weight excluding hydrogens is 338 g/mol. The molecular formula is C18H22PZr+. The molecule has 2 aromatic rings. The first-order valence-corrected chi connectivity index (χ1v) is 8.54. The number of hydrogen-bond donors (Lipinski definition) is 0. The molecule has 0 spiro atoms. The molecule has 0 aliphatic carbocycles. The van der Waals surface area contributed by atoms with Gasteiger partial charge < -0.3 is 0 Å². The van der Waals surface area contributed by atoms with E-state index < -0.39 is 7.92 Å². The van der Waals surface area contributed by atoms with Gasteiger partial charge in [-0.15, -0.1) is 0 Å². The summed E-state index contributed by atoms with van der Waals surface area (Å²) in [6.07, 6.45) is 4.69. The largest absolute Gasteiger partial charge is 0.102 e. The molecule has 0 aromatic heterocycles. The zero-order valence-electron chi connectivity index (χ0n) is 12.3. The average molecular weight is 361 g/mol. The normalized spacial score (nSPS) is 11.2. The third-order valence-electron chi connectivity index (χ3n) is 3.28. The van der Waals surface area contributed by atoms with Gasteiger partial charge in [0, 0.05) is 32.6 Å². The standard InChI is InChI=1S/C18H21P.Zr/c1-3-11-16(4-2)19(17-12-7-5-8-13-17)18-14-9-6-10-15-18;/h5-15H,3-4H2,1-2H3;/p+1. The first-order valence-electron chi connectivity index (χ1n) is 7.04. The van der Waals surface area contributed by atoms with E-state index in [1.54, 1.807) is 5.31 Å². The van der Waals surface area contributed by atoms with E-state index in [4.69, 9.17) is 0 Å². The zero-order valence-corrected chi connectivity index (χ0v) is 15.7. The van der Waals surface area contributed by atoms with Gasteiger partial charge in [-0.25, -0.2) is 0 Å². The third kappa shape index (κ3) is 4.51. The van der Waals surface area contributed by atoms with Crippen LogP contribution in [0.2, 0.25) is 0 Å². The van der Waals surface area contributed by atoms with E-state index >= 15 is 0 Å². The predicted octanol–water partition coefficient (Wildman–Crippen LogP) is 4.55. The Hall–Kier alpha value is -0.507. The molecule has 0 heterocycles. The smallest absolute Gasteiger partial charge is 0.0620 e. The van der Waals surface area contributed by atoms with Crippen molar-refractivity contribution >= 4 is 18.5 Å². The van der Waals surface area contributed by atoms with Gasteiger partial charge in [-0.1, -0.05) is 50.2 Å². The van der Waals surface area contributed by atoms with Crippen LogP contribution in [0.5, 0.6) is 0 Å². The topological polar surface area (TPSA) is 0 Å².